The second kappa shape index (κ2) is 8.67. The molecule has 4 rings (SSSR count). The Balaban J connectivity index is 0.000000204. The van der Waals surface area contributed by atoms with Crippen LogP contribution in [0.15, 0.2) is 84.9 Å². The second-order valence-corrected chi connectivity index (χ2v) is 6.07. The molecule has 0 spiro atoms. The normalized spacial score (nSPS) is 10.1. The predicted molar refractivity (Wildman–Crippen MR) is 109 cm³/mol. The Morgan fingerprint density at radius 1 is 0.690 bits per heavy atom. The van der Waals surface area contributed by atoms with E-state index < -0.39 is 11.9 Å². The fraction of sp³-hybridized carbons (Fsp3) is 0. The van der Waals surface area contributed by atoms with Gasteiger partial charge in [-0.05, 0) is 24.3 Å². The van der Waals surface area contributed by atoms with Gasteiger partial charge in [-0.15, -0.1) is 0 Å². The molecule has 144 valence electrons. The van der Waals surface area contributed by atoms with Crippen LogP contribution in [0, 0.1) is 0 Å². The van der Waals surface area contributed by atoms with Crippen LogP contribution < -0.4 is 0 Å². The van der Waals surface area contributed by atoms with Crippen molar-refractivity contribution in [3.8, 4) is 17.0 Å². The Bertz CT molecular complexity index is 1170. The van der Waals surface area contributed by atoms with Crippen molar-refractivity contribution in [3.05, 3.63) is 96.1 Å². The summed E-state index contributed by atoms with van der Waals surface area (Å²) in [6, 6.07) is 24.3. The highest BCUT2D eigenvalue weighted by Gasteiger charge is 2.12. The van der Waals surface area contributed by atoms with E-state index in [9.17, 15) is 14.7 Å². The van der Waals surface area contributed by atoms with Gasteiger partial charge in [0.05, 0.1) is 16.8 Å². The molecule has 0 saturated carbocycles. The molecule has 0 unspecified atom stereocenters. The minimum atomic E-state index is -1.11. The average molecular weight is 387 g/mol. The van der Waals surface area contributed by atoms with Crippen LogP contribution in [0.1, 0.15) is 20.7 Å². The highest BCUT2D eigenvalue weighted by atomic mass is 16.4. The molecule has 6 heteroatoms. The number of aromatic nitrogens is 1. The van der Waals surface area contributed by atoms with Crippen molar-refractivity contribution in [1.29, 1.82) is 0 Å². The first kappa shape index (κ1) is 19.6. The molecule has 0 aliphatic carbocycles. The minimum Gasteiger partial charge on any atom is -0.507 e. The molecule has 1 aromatic heterocycles. The Labute approximate surface area is 166 Å². The first-order chi connectivity index (χ1) is 14.0. The standard InChI is InChI=1S/C16H11NO2.C7H6O3/c18-16(19)13-10-15(11-6-2-1-3-7-11)17-14-9-5-4-8-12(13)14;8-6-4-2-1-3-5(6)7(9)10/h1-10H,(H,18,19);1-4,8H,(H,9,10). The Morgan fingerprint density at radius 3 is 1.90 bits per heavy atom. The van der Waals surface area contributed by atoms with E-state index in [0.717, 1.165) is 5.56 Å². The number of carboxylic acids is 2. The summed E-state index contributed by atoms with van der Waals surface area (Å²) in [5.74, 6) is -2.25. The Kier molecular flexibility index (Phi) is 5.85. The molecule has 0 radical (unpaired) electrons. The van der Waals surface area contributed by atoms with E-state index in [1.807, 2.05) is 48.5 Å². The quantitative estimate of drug-likeness (QED) is 0.471. The lowest BCUT2D eigenvalue weighted by atomic mass is 10.0. The molecule has 0 amide bonds. The highest BCUT2D eigenvalue weighted by molar-refractivity contribution is 6.03. The first-order valence-electron chi connectivity index (χ1n) is 8.67. The minimum absolute atomic E-state index is 0.0671. The van der Waals surface area contributed by atoms with Crippen LogP contribution in [-0.4, -0.2) is 32.2 Å². The molecule has 0 aliphatic heterocycles. The molecule has 0 aliphatic rings. The van der Waals surface area contributed by atoms with E-state index in [4.69, 9.17) is 10.2 Å². The summed E-state index contributed by atoms with van der Waals surface area (Å²) in [6.07, 6.45) is 0. The number of aromatic hydroxyl groups is 1. The molecular weight excluding hydrogens is 370 g/mol. The number of phenols is 1. The van der Waals surface area contributed by atoms with E-state index in [1.54, 1.807) is 24.3 Å². The smallest absolute Gasteiger partial charge is 0.339 e. The summed E-state index contributed by atoms with van der Waals surface area (Å²) < 4.78 is 0. The molecular formula is C23H17NO5. The number of hydrogen-bond acceptors (Lipinski definition) is 4. The topological polar surface area (TPSA) is 108 Å². The zero-order chi connectivity index (χ0) is 20.8. The fourth-order valence-electron chi connectivity index (χ4n) is 2.76. The van der Waals surface area contributed by atoms with Crippen LogP contribution >= 0.6 is 0 Å². The number of aromatic carboxylic acids is 2. The number of carboxylic acid groups (broad SMARTS) is 2. The summed E-state index contributed by atoms with van der Waals surface area (Å²) in [4.78, 5) is 26.2. The third-order valence-electron chi connectivity index (χ3n) is 4.15. The van der Waals surface area contributed by atoms with E-state index >= 15 is 0 Å². The van der Waals surface area contributed by atoms with Crippen molar-refractivity contribution in [2.75, 3.05) is 0 Å². The fourth-order valence-corrected chi connectivity index (χ4v) is 2.76. The lowest BCUT2D eigenvalue weighted by Gasteiger charge is -2.06. The average Bonchev–Trinajstić information content (AvgIpc) is 2.74. The number of hydrogen-bond donors (Lipinski definition) is 3. The third-order valence-corrected chi connectivity index (χ3v) is 4.15. The van der Waals surface area contributed by atoms with E-state index in [-0.39, 0.29) is 16.9 Å². The van der Waals surface area contributed by atoms with Gasteiger partial charge in [0.2, 0.25) is 0 Å². The van der Waals surface area contributed by atoms with Crippen molar-refractivity contribution < 1.29 is 24.9 Å². The maximum Gasteiger partial charge on any atom is 0.339 e. The lowest BCUT2D eigenvalue weighted by molar-refractivity contribution is 0.0685. The SMILES string of the molecule is O=C(O)c1cc(-c2ccccc2)nc2ccccc12.O=C(O)c1ccccc1O. The van der Waals surface area contributed by atoms with Gasteiger partial charge >= 0.3 is 11.9 Å². The van der Waals surface area contributed by atoms with Crippen LogP contribution in [0.4, 0.5) is 0 Å². The van der Waals surface area contributed by atoms with Crippen molar-refractivity contribution in [2.45, 2.75) is 0 Å². The molecule has 0 saturated heterocycles. The summed E-state index contributed by atoms with van der Waals surface area (Å²) in [7, 11) is 0. The summed E-state index contributed by atoms with van der Waals surface area (Å²) in [5, 5.41) is 27.3. The van der Waals surface area contributed by atoms with Crippen LogP contribution in [0.5, 0.6) is 5.75 Å². The highest BCUT2D eigenvalue weighted by Crippen LogP contribution is 2.24. The second-order valence-electron chi connectivity index (χ2n) is 6.07. The van der Waals surface area contributed by atoms with Crippen LogP contribution in [-0.2, 0) is 0 Å². The number of para-hydroxylation sites is 2. The van der Waals surface area contributed by atoms with Gasteiger partial charge in [0.15, 0.2) is 0 Å². The van der Waals surface area contributed by atoms with E-state index in [1.165, 1.54) is 12.1 Å². The first-order valence-corrected chi connectivity index (χ1v) is 8.67. The predicted octanol–water partition coefficient (Wildman–Crippen LogP) is 4.69. The molecule has 3 N–H and O–H groups in total. The lowest BCUT2D eigenvalue weighted by Crippen LogP contribution is -2.00. The van der Waals surface area contributed by atoms with Gasteiger partial charge in [-0.2, -0.15) is 0 Å². The van der Waals surface area contributed by atoms with Crippen molar-refractivity contribution in [2.24, 2.45) is 0 Å². The maximum atomic E-state index is 11.4. The number of fused-ring (bicyclic) bond motifs is 1. The van der Waals surface area contributed by atoms with Crippen LogP contribution in [0.2, 0.25) is 0 Å². The largest absolute Gasteiger partial charge is 0.507 e. The third kappa shape index (κ3) is 4.56. The van der Waals surface area contributed by atoms with Crippen LogP contribution in [0.3, 0.4) is 0 Å². The van der Waals surface area contributed by atoms with Gasteiger partial charge < -0.3 is 15.3 Å². The molecule has 29 heavy (non-hydrogen) atoms. The van der Waals surface area contributed by atoms with Crippen molar-refractivity contribution in [1.82, 2.24) is 4.98 Å². The van der Waals surface area contributed by atoms with E-state index in [2.05, 4.69) is 4.98 Å². The summed E-state index contributed by atoms with van der Waals surface area (Å²) in [5.41, 5.74) is 2.50. The number of benzene rings is 3. The molecule has 1 heterocycles. The molecule has 0 bridgehead atoms. The van der Waals surface area contributed by atoms with Crippen molar-refractivity contribution in [3.63, 3.8) is 0 Å². The summed E-state index contributed by atoms with van der Waals surface area (Å²) in [6.45, 7) is 0. The molecule has 3 aromatic carbocycles. The van der Waals surface area contributed by atoms with Gasteiger partial charge in [-0.25, -0.2) is 14.6 Å². The van der Waals surface area contributed by atoms with E-state index in [0.29, 0.717) is 16.6 Å². The Morgan fingerprint density at radius 2 is 1.28 bits per heavy atom. The van der Waals surface area contributed by atoms with Gasteiger partial charge in [-0.1, -0.05) is 60.7 Å². The summed E-state index contributed by atoms with van der Waals surface area (Å²) >= 11 is 0. The van der Waals surface area contributed by atoms with Gasteiger partial charge in [-0.3, -0.25) is 0 Å². The zero-order valence-corrected chi connectivity index (χ0v) is 15.2. The van der Waals surface area contributed by atoms with Gasteiger partial charge in [0.25, 0.3) is 0 Å². The van der Waals surface area contributed by atoms with Gasteiger partial charge in [0.1, 0.15) is 11.3 Å². The molecule has 0 atom stereocenters. The molecule has 6 nitrogen and oxygen atoms in total. The zero-order valence-electron chi connectivity index (χ0n) is 15.2. The maximum absolute atomic E-state index is 11.4. The van der Waals surface area contributed by atoms with Gasteiger partial charge in [0, 0.05) is 10.9 Å². The number of rotatable bonds is 3. The van der Waals surface area contributed by atoms with Crippen molar-refractivity contribution >= 4 is 22.8 Å². The Hall–Kier alpha value is -4.19. The number of nitrogens with zero attached hydrogens (tertiary/aromatic N) is 1. The number of pyridine rings is 1. The van der Waals surface area contributed by atoms with Crippen LogP contribution in [0.25, 0.3) is 22.2 Å². The monoisotopic (exact) mass is 387 g/mol. The molecule has 4 aromatic rings. The molecule has 0 fully saturated rings. The number of carbonyl (C=O) groups is 2.